The maximum Gasteiger partial charge on any atom is 0.154 e. The molecule has 110 valence electrons. The first kappa shape index (κ1) is 13.2. The summed E-state index contributed by atoms with van der Waals surface area (Å²) in [6.45, 7) is 0. The number of anilines is 1. The Bertz CT molecular complexity index is 815. The molecule has 0 saturated heterocycles. The highest BCUT2D eigenvalue weighted by Crippen LogP contribution is 2.28. The van der Waals surface area contributed by atoms with Crippen molar-refractivity contribution in [2.45, 2.75) is 4.90 Å². The van der Waals surface area contributed by atoms with Gasteiger partial charge in [-0.05, 0) is 24.3 Å². The topological polar surface area (TPSA) is 53.2 Å². The first-order chi connectivity index (χ1) is 10.9. The Morgan fingerprint density at radius 2 is 2.05 bits per heavy atom. The molecule has 0 saturated carbocycles. The van der Waals surface area contributed by atoms with Crippen LogP contribution in [-0.4, -0.2) is 15.7 Å². The van der Waals surface area contributed by atoms with E-state index in [1.165, 1.54) is 4.90 Å². The molecule has 0 unspecified atom stereocenters. The molecule has 2 aromatic heterocycles. The molecule has 0 radical (unpaired) electrons. The molecule has 0 spiro atoms. The molecule has 0 aliphatic carbocycles. The van der Waals surface area contributed by atoms with Gasteiger partial charge in [-0.3, -0.25) is 0 Å². The SMILES string of the molecule is C1=C(CSc2ccccc2)ONN1c1ccnc2[nH]ccc12. The van der Waals surface area contributed by atoms with Crippen LogP contribution < -0.4 is 10.6 Å². The van der Waals surface area contributed by atoms with E-state index < -0.39 is 0 Å². The first-order valence-electron chi connectivity index (χ1n) is 6.92. The molecule has 0 fully saturated rings. The van der Waals surface area contributed by atoms with E-state index >= 15 is 0 Å². The minimum Gasteiger partial charge on any atom is -0.391 e. The number of benzene rings is 1. The normalized spacial score (nSPS) is 14.2. The van der Waals surface area contributed by atoms with Crippen LogP contribution in [0.1, 0.15) is 0 Å². The third kappa shape index (κ3) is 2.54. The number of H-pyrrole nitrogens is 1. The van der Waals surface area contributed by atoms with E-state index in [0.717, 1.165) is 28.2 Å². The molecule has 1 aliphatic rings. The van der Waals surface area contributed by atoms with Gasteiger partial charge in [0.25, 0.3) is 0 Å². The van der Waals surface area contributed by atoms with Gasteiger partial charge >= 0.3 is 0 Å². The van der Waals surface area contributed by atoms with Gasteiger partial charge in [-0.25, -0.2) is 9.99 Å². The highest BCUT2D eigenvalue weighted by Gasteiger charge is 2.17. The van der Waals surface area contributed by atoms with E-state index in [2.05, 4.69) is 27.7 Å². The van der Waals surface area contributed by atoms with Gasteiger partial charge in [0.2, 0.25) is 0 Å². The molecule has 0 atom stereocenters. The second kappa shape index (κ2) is 5.75. The van der Waals surface area contributed by atoms with Crippen LogP contribution in [0.3, 0.4) is 0 Å². The van der Waals surface area contributed by atoms with Crippen molar-refractivity contribution in [1.29, 1.82) is 0 Å². The Morgan fingerprint density at radius 1 is 1.14 bits per heavy atom. The minimum absolute atomic E-state index is 0.773. The molecule has 0 bridgehead atoms. The summed E-state index contributed by atoms with van der Waals surface area (Å²) in [4.78, 5) is 14.2. The van der Waals surface area contributed by atoms with Crippen LogP contribution in [0, 0.1) is 0 Å². The number of pyridine rings is 1. The smallest absolute Gasteiger partial charge is 0.154 e. The van der Waals surface area contributed by atoms with Gasteiger partial charge in [-0.1, -0.05) is 23.8 Å². The third-order valence-electron chi connectivity index (χ3n) is 3.37. The Kier molecular flexibility index (Phi) is 3.46. The summed E-state index contributed by atoms with van der Waals surface area (Å²) >= 11 is 1.74. The summed E-state index contributed by atoms with van der Waals surface area (Å²) in [5.41, 5.74) is 4.79. The summed E-state index contributed by atoms with van der Waals surface area (Å²) in [7, 11) is 0. The molecule has 5 nitrogen and oxygen atoms in total. The number of hydrogen-bond acceptors (Lipinski definition) is 5. The van der Waals surface area contributed by atoms with Crippen molar-refractivity contribution in [2.75, 3.05) is 10.8 Å². The van der Waals surface area contributed by atoms with E-state index in [9.17, 15) is 0 Å². The maximum atomic E-state index is 5.55. The summed E-state index contributed by atoms with van der Waals surface area (Å²) in [5, 5.41) is 2.92. The van der Waals surface area contributed by atoms with Crippen LogP contribution in [-0.2, 0) is 4.84 Å². The van der Waals surface area contributed by atoms with Crippen LogP contribution in [0.4, 0.5) is 5.69 Å². The van der Waals surface area contributed by atoms with Gasteiger partial charge in [-0.15, -0.1) is 11.8 Å². The van der Waals surface area contributed by atoms with Crippen molar-refractivity contribution in [3.8, 4) is 0 Å². The number of aromatic nitrogens is 2. The van der Waals surface area contributed by atoms with Gasteiger partial charge < -0.3 is 9.82 Å². The van der Waals surface area contributed by atoms with Gasteiger partial charge in [0.05, 0.1) is 17.6 Å². The fraction of sp³-hybridized carbons (Fsp3) is 0.0625. The first-order valence-corrected chi connectivity index (χ1v) is 7.91. The Labute approximate surface area is 131 Å². The number of fused-ring (bicyclic) bond motifs is 1. The Balaban J connectivity index is 1.51. The lowest BCUT2D eigenvalue weighted by molar-refractivity contribution is 0.134. The molecule has 1 aromatic carbocycles. The second-order valence-corrected chi connectivity index (χ2v) is 5.88. The molecular weight excluding hydrogens is 296 g/mol. The summed E-state index contributed by atoms with van der Waals surface area (Å²) in [5.74, 6) is 1.66. The largest absolute Gasteiger partial charge is 0.391 e. The number of aromatic amines is 1. The molecule has 1 aliphatic heterocycles. The van der Waals surface area contributed by atoms with Crippen LogP contribution in [0.25, 0.3) is 11.0 Å². The quantitative estimate of drug-likeness (QED) is 0.723. The fourth-order valence-electron chi connectivity index (χ4n) is 2.32. The average Bonchev–Trinajstić information content (AvgIpc) is 3.22. The van der Waals surface area contributed by atoms with Crippen molar-refractivity contribution in [1.82, 2.24) is 15.6 Å². The number of thioether (sulfide) groups is 1. The second-order valence-electron chi connectivity index (χ2n) is 4.83. The highest BCUT2D eigenvalue weighted by atomic mass is 32.2. The van der Waals surface area contributed by atoms with Crippen molar-refractivity contribution >= 4 is 28.5 Å². The van der Waals surface area contributed by atoms with Crippen LogP contribution in [0.2, 0.25) is 0 Å². The van der Waals surface area contributed by atoms with E-state index in [1.807, 2.05) is 47.7 Å². The number of rotatable bonds is 4. The van der Waals surface area contributed by atoms with Crippen LogP contribution in [0.5, 0.6) is 0 Å². The number of nitrogens with zero attached hydrogens (tertiary/aromatic N) is 2. The Hall–Kier alpha value is -2.44. The standard InChI is InChI=1S/C16H14N4OS/c1-2-4-13(5-3-1)22-11-12-10-20(19-21-12)15-7-9-18-16-14(15)6-8-17-16/h1-10,19H,11H2,(H,17,18). The lowest BCUT2D eigenvalue weighted by Gasteiger charge is -2.14. The van der Waals surface area contributed by atoms with Gasteiger partial charge in [0, 0.05) is 22.7 Å². The molecule has 3 aromatic rings. The molecule has 3 heterocycles. The van der Waals surface area contributed by atoms with Crippen molar-refractivity contribution < 1.29 is 4.84 Å². The molecule has 2 N–H and O–H groups in total. The molecular formula is C16H14N4OS. The fourth-order valence-corrected chi connectivity index (χ4v) is 3.11. The van der Waals surface area contributed by atoms with E-state index in [-0.39, 0.29) is 0 Å². The van der Waals surface area contributed by atoms with Gasteiger partial charge in [0.1, 0.15) is 5.65 Å². The maximum absolute atomic E-state index is 5.55. The van der Waals surface area contributed by atoms with Gasteiger partial charge in [0.15, 0.2) is 5.76 Å². The lowest BCUT2D eigenvalue weighted by Crippen LogP contribution is -2.27. The molecule has 4 rings (SSSR count). The summed E-state index contributed by atoms with van der Waals surface area (Å²) < 4.78 is 0. The van der Waals surface area contributed by atoms with Crippen LogP contribution in [0.15, 0.2) is 71.7 Å². The highest BCUT2D eigenvalue weighted by molar-refractivity contribution is 7.99. The predicted octanol–water partition coefficient (Wildman–Crippen LogP) is 3.45. The van der Waals surface area contributed by atoms with E-state index in [1.54, 1.807) is 18.0 Å². The monoisotopic (exact) mass is 310 g/mol. The third-order valence-corrected chi connectivity index (χ3v) is 4.40. The lowest BCUT2D eigenvalue weighted by atomic mass is 10.3. The van der Waals surface area contributed by atoms with Crippen molar-refractivity contribution in [3.63, 3.8) is 0 Å². The average molecular weight is 310 g/mol. The van der Waals surface area contributed by atoms with Gasteiger partial charge in [-0.2, -0.15) is 0 Å². The predicted molar refractivity (Wildman–Crippen MR) is 88.0 cm³/mol. The summed E-state index contributed by atoms with van der Waals surface area (Å²) in [6, 6.07) is 14.2. The van der Waals surface area contributed by atoms with Crippen LogP contribution >= 0.6 is 11.8 Å². The minimum atomic E-state index is 0.773. The zero-order valence-electron chi connectivity index (χ0n) is 11.7. The van der Waals surface area contributed by atoms with Crippen molar-refractivity contribution in [3.05, 3.63) is 66.8 Å². The zero-order chi connectivity index (χ0) is 14.8. The molecule has 22 heavy (non-hydrogen) atoms. The van der Waals surface area contributed by atoms with E-state index in [4.69, 9.17) is 4.84 Å². The zero-order valence-corrected chi connectivity index (χ0v) is 12.5. The summed E-state index contributed by atoms with van der Waals surface area (Å²) in [6.07, 6.45) is 5.63. The van der Waals surface area contributed by atoms with Crippen molar-refractivity contribution in [2.24, 2.45) is 0 Å². The molecule has 6 heteroatoms. The van der Waals surface area contributed by atoms with E-state index in [0.29, 0.717) is 0 Å². The number of hydrazine groups is 1. The number of nitrogens with one attached hydrogen (secondary N) is 2. The Morgan fingerprint density at radius 3 is 2.95 bits per heavy atom. The number of hydrogen-bond donors (Lipinski definition) is 2. The molecule has 0 amide bonds.